The summed E-state index contributed by atoms with van der Waals surface area (Å²) in [6.07, 6.45) is -10.3. The zero-order valence-corrected chi connectivity index (χ0v) is 29.9. The molecule has 0 heterocycles. The lowest BCUT2D eigenvalue weighted by atomic mass is 9.85. The van der Waals surface area contributed by atoms with Crippen molar-refractivity contribution in [3.8, 4) is 0 Å². The Kier molecular flexibility index (Phi) is 18.1. The van der Waals surface area contributed by atoms with Crippen molar-refractivity contribution in [2.24, 2.45) is 5.92 Å². The first-order valence-corrected chi connectivity index (χ1v) is 17.0. The molecule has 0 aliphatic rings. The van der Waals surface area contributed by atoms with E-state index in [1.807, 2.05) is 6.92 Å². The molecule has 314 valence electrons. The Balaban J connectivity index is 7.13. The highest BCUT2D eigenvalue weighted by atomic mass is 19.4. The molecule has 0 bridgehead atoms. The van der Waals surface area contributed by atoms with Crippen molar-refractivity contribution >= 4 is 0 Å². The van der Waals surface area contributed by atoms with Gasteiger partial charge in [-0.15, -0.1) is 0 Å². The summed E-state index contributed by atoms with van der Waals surface area (Å²) < 4.78 is 255. The zero-order valence-electron chi connectivity index (χ0n) is 29.9. The summed E-state index contributed by atoms with van der Waals surface area (Å²) in [6, 6.07) is 0. The number of alkyl halides is 17. The maximum Gasteiger partial charge on any atom is 0.460 e. The van der Waals surface area contributed by atoms with Gasteiger partial charge in [-0.2, -0.15) is 74.6 Å². The molecule has 0 aromatic carbocycles. The summed E-state index contributed by atoms with van der Waals surface area (Å²) >= 11 is 0. The second kappa shape index (κ2) is 18.5. The highest BCUT2D eigenvalue weighted by Gasteiger charge is 2.95. The third kappa shape index (κ3) is 10.5. The third-order valence-electron chi connectivity index (χ3n) is 8.82. The van der Waals surface area contributed by atoms with Gasteiger partial charge in [0, 0.05) is 12.3 Å². The van der Waals surface area contributed by atoms with Crippen molar-refractivity contribution < 1.29 is 88.8 Å². The van der Waals surface area contributed by atoms with Gasteiger partial charge in [0.1, 0.15) is 0 Å². The summed E-state index contributed by atoms with van der Waals surface area (Å²) in [4.78, 5) is 0. The maximum absolute atomic E-state index is 15.2. The van der Waals surface area contributed by atoms with E-state index in [9.17, 15) is 65.9 Å². The van der Waals surface area contributed by atoms with Crippen LogP contribution < -0.4 is 0 Å². The Morgan fingerprint density at radius 3 is 1.08 bits per heavy atom. The zero-order chi connectivity index (χ0) is 41.4. The summed E-state index contributed by atoms with van der Waals surface area (Å²) in [5.74, 6) is -60.6. The second-order valence-electron chi connectivity index (χ2n) is 13.1. The lowest BCUT2D eigenvalue weighted by Crippen LogP contribution is -2.74. The molecule has 0 aliphatic heterocycles. The summed E-state index contributed by atoms with van der Waals surface area (Å²) in [5.41, 5.74) is 0. The highest BCUT2D eigenvalue weighted by Crippen LogP contribution is 2.64. The molecule has 0 aromatic heterocycles. The van der Waals surface area contributed by atoms with Gasteiger partial charge < -0.3 is 14.2 Å². The summed E-state index contributed by atoms with van der Waals surface area (Å²) in [7, 11) is 0. The van der Waals surface area contributed by atoms with Gasteiger partial charge in [0.15, 0.2) is 0 Å². The number of hydrogen-bond acceptors (Lipinski definition) is 3. The number of rotatable bonds is 26. The van der Waals surface area contributed by atoms with Gasteiger partial charge in [-0.05, 0) is 52.9 Å². The monoisotopic (exact) mass is 804 g/mol. The van der Waals surface area contributed by atoms with Crippen molar-refractivity contribution in [3.63, 3.8) is 0 Å². The SMILES string of the molecule is CCCCCCCCC(CCC(F)(F)C(F)(F)C(F)(F)C(F)(F)C(F)(F)C(F)(F)C(F)(F)C(F)(F)F)C(OC(C)CC)(OC(C)CC)OC(C)CC. The second-order valence-corrected chi connectivity index (χ2v) is 13.1. The molecular formula is C32H49F17O3. The fraction of sp³-hybridized carbons (Fsp3) is 1.00. The first kappa shape index (κ1) is 50.7. The fourth-order valence-electron chi connectivity index (χ4n) is 4.84. The van der Waals surface area contributed by atoms with Crippen LogP contribution in [0.1, 0.15) is 126 Å². The molecule has 0 radical (unpaired) electrons. The Labute approximate surface area is 292 Å². The maximum atomic E-state index is 15.2. The molecule has 20 heteroatoms. The molecule has 4 unspecified atom stereocenters. The van der Waals surface area contributed by atoms with Gasteiger partial charge >= 0.3 is 47.6 Å². The Morgan fingerprint density at radius 1 is 0.404 bits per heavy atom. The van der Waals surface area contributed by atoms with E-state index in [0.29, 0.717) is 12.8 Å². The van der Waals surface area contributed by atoms with Crippen LogP contribution in [0.3, 0.4) is 0 Å². The van der Waals surface area contributed by atoms with Crippen LogP contribution in [-0.4, -0.2) is 71.9 Å². The molecule has 52 heavy (non-hydrogen) atoms. The van der Waals surface area contributed by atoms with Gasteiger partial charge in [-0.3, -0.25) is 0 Å². The van der Waals surface area contributed by atoms with E-state index in [4.69, 9.17) is 14.2 Å². The smallest absolute Gasteiger partial charge is 0.324 e. The van der Waals surface area contributed by atoms with Crippen LogP contribution in [-0.2, 0) is 14.2 Å². The third-order valence-corrected chi connectivity index (χ3v) is 8.82. The molecule has 0 spiro atoms. The van der Waals surface area contributed by atoms with E-state index in [1.54, 1.807) is 20.8 Å². The van der Waals surface area contributed by atoms with Gasteiger partial charge in [-0.1, -0.05) is 66.2 Å². The Hall–Kier alpha value is -1.31. The molecule has 0 aromatic rings. The van der Waals surface area contributed by atoms with E-state index >= 15 is 8.78 Å². The highest BCUT2D eigenvalue weighted by molar-refractivity contribution is 5.15. The lowest BCUT2D eigenvalue weighted by molar-refractivity contribution is -0.462. The van der Waals surface area contributed by atoms with Crippen LogP contribution in [0.2, 0.25) is 0 Å². The summed E-state index contributed by atoms with van der Waals surface area (Å²) in [6.45, 7) is 11.2. The largest absolute Gasteiger partial charge is 0.460 e. The van der Waals surface area contributed by atoms with Gasteiger partial charge in [-0.25, -0.2) is 0 Å². The van der Waals surface area contributed by atoms with Gasteiger partial charge in [0.25, 0.3) is 5.97 Å². The molecule has 0 N–H and O–H groups in total. The fourth-order valence-corrected chi connectivity index (χ4v) is 4.84. The normalized spacial score (nSPS) is 18.2. The molecule has 4 atom stereocenters. The van der Waals surface area contributed by atoms with Crippen LogP contribution in [0.25, 0.3) is 0 Å². The Morgan fingerprint density at radius 2 is 0.731 bits per heavy atom. The van der Waals surface area contributed by atoms with Crippen LogP contribution in [0, 0.1) is 5.92 Å². The summed E-state index contributed by atoms with van der Waals surface area (Å²) in [5, 5.41) is 0. The van der Waals surface area contributed by atoms with Crippen molar-refractivity contribution in [2.75, 3.05) is 0 Å². The van der Waals surface area contributed by atoms with Crippen molar-refractivity contribution in [2.45, 2.75) is 197 Å². The predicted molar refractivity (Wildman–Crippen MR) is 157 cm³/mol. The van der Waals surface area contributed by atoms with E-state index < -0.39 is 90.7 Å². The van der Waals surface area contributed by atoms with E-state index in [1.165, 1.54) is 20.8 Å². The molecule has 3 nitrogen and oxygen atoms in total. The van der Waals surface area contributed by atoms with Crippen LogP contribution in [0.15, 0.2) is 0 Å². The molecular weight excluding hydrogens is 755 g/mol. The number of hydrogen-bond donors (Lipinski definition) is 0. The van der Waals surface area contributed by atoms with Crippen molar-refractivity contribution in [1.29, 1.82) is 0 Å². The van der Waals surface area contributed by atoms with Gasteiger partial charge in [0.2, 0.25) is 0 Å². The molecule has 0 saturated heterocycles. The molecule has 0 aliphatic carbocycles. The molecule has 0 rings (SSSR count). The Bertz CT molecular complexity index is 1020. The van der Waals surface area contributed by atoms with Crippen molar-refractivity contribution in [1.82, 2.24) is 0 Å². The molecule has 0 saturated carbocycles. The predicted octanol–water partition coefficient (Wildman–Crippen LogP) is 13.2. The van der Waals surface area contributed by atoms with E-state index in [0.717, 1.165) is 19.3 Å². The minimum Gasteiger partial charge on any atom is -0.324 e. The lowest BCUT2D eigenvalue weighted by Gasteiger charge is -2.45. The average Bonchev–Trinajstić information content (AvgIpc) is 3.02. The van der Waals surface area contributed by atoms with Crippen LogP contribution in [0.5, 0.6) is 0 Å². The van der Waals surface area contributed by atoms with Crippen molar-refractivity contribution in [3.05, 3.63) is 0 Å². The number of ether oxygens (including phenoxy) is 3. The van der Waals surface area contributed by atoms with Gasteiger partial charge in [0.05, 0.1) is 18.3 Å². The number of unbranched alkanes of at least 4 members (excludes halogenated alkanes) is 5. The van der Waals surface area contributed by atoms with E-state index in [2.05, 4.69) is 0 Å². The first-order chi connectivity index (χ1) is 23.3. The number of halogens is 17. The molecule has 0 fully saturated rings. The van der Waals surface area contributed by atoms with E-state index in [-0.39, 0.29) is 32.1 Å². The topological polar surface area (TPSA) is 27.7 Å². The van der Waals surface area contributed by atoms with Crippen LogP contribution >= 0.6 is 0 Å². The molecule has 0 amide bonds. The average molecular weight is 805 g/mol. The minimum absolute atomic E-state index is 0.138. The quantitative estimate of drug-likeness (QED) is 0.0495. The first-order valence-electron chi connectivity index (χ1n) is 17.0. The standard InChI is InChI=1S/C32H49F17O3/c1-8-12-13-14-15-16-17-23(25(50-20(5)9-2,51-21(6)10-3)52-22(7)11-4)18-19-24(33,34)26(35,36)27(37,38)28(39,40)29(41,42)30(43,44)31(45,46)32(47,48)49/h20-23H,8-19H2,1-7H3. The van der Waals surface area contributed by atoms with Crippen LogP contribution in [0.4, 0.5) is 74.6 Å². The minimum atomic E-state index is -8.67.